The molecule has 1 aromatic heterocycles. The Bertz CT molecular complexity index is 391. The summed E-state index contributed by atoms with van der Waals surface area (Å²) in [5.74, 6) is 0.909. The van der Waals surface area contributed by atoms with Gasteiger partial charge in [0.05, 0.1) is 11.9 Å². The Labute approximate surface area is 93.9 Å². The Hall–Kier alpha value is -1.36. The SMILES string of the molecule is O=c1cc(NCC2CCCC2CO)cn[nH]1. The average Bonchev–Trinajstić information content (AvgIpc) is 2.74. The van der Waals surface area contributed by atoms with Crippen molar-refractivity contribution in [2.45, 2.75) is 19.3 Å². The minimum atomic E-state index is -0.199. The molecule has 5 nitrogen and oxygen atoms in total. The average molecular weight is 223 g/mol. The van der Waals surface area contributed by atoms with Gasteiger partial charge in [0, 0.05) is 19.2 Å². The maximum atomic E-state index is 11.0. The van der Waals surface area contributed by atoms with E-state index in [2.05, 4.69) is 15.5 Å². The second-order valence-corrected chi connectivity index (χ2v) is 4.35. The van der Waals surface area contributed by atoms with E-state index in [0.29, 0.717) is 11.8 Å². The van der Waals surface area contributed by atoms with Crippen LogP contribution in [0.4, 0.5) is 5.69 Å². The van der Waals surface area contributed by atoms with Gasteiger partial charge in [0.1, 0.15) is 0 Å². The molecule has 1 fully saturated rings. The summed E-state index contributed by atoms with van der Waals surface area (Å²) in [6.07, 6.45) is 5.04. The number of aromatic amines is 1. The van der Waals surface area contributed by atoms with Gasteiger partial charge in [-0.15, -0.1) is 0 Å². The van der Waals surface area contributed by atoms with E-state index in [0.717, 1.165) is 25.1 Å². The minimum absolute atomic E-state index is 0.199. The van der Waals surface area contributed by atoms with Crippen LogP contribution in [-0.4, -0.2) is 28.5 Å². The van der Waals surface area contributed by atoms with Crippen molar-refractivity contribution in [1.29, 1.82) is 0 Å². The molecule has 2 atom stereocenters. The Balaban J connectivity index is 1.89. The van der Waals surface area contributed by atoms with Crippen molar-refractivity contribution < 1.29 is 5.11 Å². The summed E-state index contributed by atoms with van der Waals surface area (Å²) in [5.41, 5.74) is 0.544. The predicted molar refractivity (Wildman–Crippen MR) is 61.3 cm³/mol. The highest BCUT2D eigenvalue weighted by Crippen LogP contribution is 2.31. The lowest BCUT2D eigenvalue weighted by molar-refractivity contribution is 0.199. The molecule has 1 aromatic rings. The first-order valence-corrected chi connectivity index (χ1v) is 5.69. The van der Waals surface area contributed by atoms with Crippen LogP contribution >= 0.6 is 0 Å². The van der Waals surface area contributed by atoms with Gasteiger partial charge >= 0.3 is 0 Å². The number of aliphatic hydroxyl groups excluding tert-OH is 1. The molecule has 1 aliphatic carbocycles. The molecule has 3 N–H and O–H groups in total. The number of aromatic nitrogens is 2. The molecular formula is C11H17N3O2. The van der Waals surface area contributed by atoms with Crippen molar-refractivity contribution in [1.82, 2.24) is 10.2 Å². The van der Waals surface area contributed by atoms with Crippen LogP contribution in [0.15, 0.2) is 17.1 Å². The quantitative estimate of drug-likeness (QED) is 0.698. The molecule has 1 heterocycles. The molecule has 0 saturated heterocycles. The van der Waals surface area contributed by atoms with E-state index >= 15 is 0 Å². The predicted octanol–water partition coefficient (Wildman–Crippen LogP) is 0.590. The Morgan fingerprint density at radius 1 is 1.50 bits per heavy atom. The summed E-state index contributed by atoms with van der Waals surface area (Å²) >= 11 is 0. The smallest absolute Gasteiger partial charge is 0.266 e. The number of H-pyrrole nitrogens is 1. The highest BCUT2D eigenvalue weighted by molar-refractivity contribution is 5.38. The molecule has 1 aliphatic rings. The number of hydrogen-bond acceptors (Lipinski definition) is 4. The van der Waals surface area contributed by atoms with E-state index in [4.69, 9.17) is 0 Å². The van der Waals surface area contributed by atoms with E-state index < -0.39 is 0 Å². The van der Waals surface area contributed by atoms with Crippen molar-refractivity contribution in [3.8, 4) is 0 Å². The molecule has 0 aliphatic heterocycles. The summed E-state index contributed by atoms with van der Waals surface area (Å²) in [5, 5.41) is 18.4. The third-order valence-corrected chi connectivity index (χ3v) is 3.28. The Kier molecular flexibility index (Phi) is 3.56. The van der Waals surface area contributed by atoms with Gasteiger partial charge in [0.25, 0.3) is 5.56 Å². The molecule has 2 rings (SSSR count). The molecule has 0 amide bonds. The van der Waals surface area contributed by atoms with Gasteiger partial charge in [-0.1, -0.05) is 6.42 Å². The molecule has 16 heavy (non-hydrogen) atoms. The topological polar surface area (TPSA) is 78.0 Å². The largest absolute Gasteiger partial charge is 0.396 e. The second kappa shape index (κ2) is 5.12. The van der Waals surface area contributed by atoms with Crippen LogP contribution in [0.1, 0.15) is 19.3 Å². The molecule has 0 bridgehead atoms. The van der Waals surface area contributed by atoms with E-state index in [-0.39, 0.29) is 12.2 Å². The summed E-state index contributed by atoms with van der Waals surface area (Å²) in [7, 11) is 0. The number of anilines is 1. The van der Waals surface area contributed by atoms with Crippen molar-refractivity contribution in [2.24, 2.45) is 11.8 Å². The highest BCUT2D eigenvalue weighted by atomic mass is 16.3. The van der Waals surface area contributed by atoms with Crippen molar-refractivity contribution in [3.63, 3.8) is 0 Å². The summed E-state index contributed by atoms with van der Waals surface area (Å²) in [6.45, 7) is 1.07. The van der Waals surface area contributed by atoms with Crippen LogP contribution in [0.2, 0.25) is 0 Å². The van der Waals surface area contributed by atoms with E-state index in [1.54, 1.807) is 6.20 Å². The molecule has 0 spiro atoms. The van der Waals surface area contributed by atoms with Gasteiger partial charge < -0.3 is 10.4 Å². The van der Waals surface area contributed by atoms with Gasteiger partial charge in [-0.3, -0.25) is 4.79 Å². The van der Waals surface area contributed by atoms with E-state index in [1.807, 2.05) is 0 Å². The maximum Gasteiger partial charge on any atom is 0.266 e. The number of aliphatic hydroxyl groups is 1. The number of rotatable bonds is 4. The fourth-order valence-corrected chi connectivity index (χ4v) is 2.34. The Morgan fingerprint density at radius 3 is 3.06 bits per heavy atom. The molecule has 2 unspecified atom stereocenters. The molecule has 0 aromatic carbocycles. The van der Waals surface area contributed by atoms with Crippen LogP contribution in [0.25, 0.3) is 0 Å². The normalized spacial score (nSPS) is 24.6. The van der Waals surface area contributed by atoms with Crippen LogP contribution in [-0.2, 0) is 0 Å². The van der Waals surface area contributed by atoms with Crippen molar-refractivity contribution in [3.05, 3.63) is 22.6 Å². The third kappa shape index (κ3) is 2.61. The summed E-state index contributed by atoms with van der Waals surface area (Å²) in [4.78, 5) is 11.0. The van der Waals surface area contributed by atoms with Gasteiger partial charge in [0.2, 0.25) is 0 Å². The van der Waals surface area contributed by atoms with Crippen LogP contribution in [0, 0.1) is 11.8 Å². The van der Waals surface area contributed by atoms with Gasteiger partial charge in [-0.05, 0) is 24.7 Å². The summed E-state index contributed by atoms with van der Waals surface area (Å²) in [6, 6.07) is 1.50. The summed E-state index contributed by atoms with van der Waals surface area (Å²) < 4.78 is 0. The molecule has 0 radical (unpaired) electrons. The molecule has 88 valence electrons. The number of nitrogens with one attached hydrogen (secondary N) is 2. The number of hydrogen-bond donors (Lipinski definition) is 3. The highest BCUT2D eigenvalue weighted by Gasteiger charge is 2.26. The first-order chi connectivity index (χ1) is 7.79. The zero-order valence-corrected chi connectivity index (χ0v) is 9.15. The number of nitrogens with zero attached hydrogens (tertiary/aromatic N) is 1. The second-order valence-electron chi connectivity index (χ2n) is 4.35. The van der Waals surface area contributed by atoms with Gasteiger partial charge in [0.15, 0.2) is 0 Å². The van der Waals surface area contributed by atoms with E-state index in [9.17, 15) is 9.90 Å². The first-order valence-electron chi connectivity index (χ1n) is 5.69. The fraction of sp³-hybridized carbons (Fsp3) is 0.636. The molecule has 1 saturated carbocycles. The fourth-order valence-electron chi connectivity index (χ4n) is 2.34. The Morgan fingerprint density at radius 2 is 2.31 bits per heavy atom. The van der Waals surface area contributed by atoms with Crippen molar-refractivity contribution >= 4 is 5.69 Å². The lowest BCUT2D eigenvalue weighted by atomic mass is 9.97. The molecule has 5 heteroatoms. The maximum absolute atomic E-state index is 11.0. The molecular weight excluding hydrogens is 206 g/mol. The minimum Gasteiger partial charge on any atom is -0.396 e. The first kappa shape index (κ1) is 11.1. The lowest BCUT2D eigenvalue weighted by Crippen LogP contribution is -2.21. The van der Waals surface area contributed by atoms with Gasteiger partial charge in [-0.2, -0.15) is 5.10 Å². The van der Waals surface area contributed by atoms with Crippen LogP contribution in [0.3, 0.4) is 0 Å². The van der Waals surface area contributed by atoms with Crippen molar-refractivity contribution in [2.75, 3.05) is 18.5 Å². The van der Waals surface area contributed by atoms with Crippen LogP contribution in [0.5, 0.6) is 0 Å². The zero-order valence-electron chi connectivity index (χ0n) is 9.15. The standard InChI is InChI=1S/C11H17N3O2/c15-7-9-3-1-2-8(9)5-12-10-4-11(16)14-13-6-10/h4,6,8-9,15H,1-3,5,7H2,(H2,12,14,16). The monoisotopic (exact) mass is 223 g/mol. The third-order valence-electron chi connectivity index (χ3n) is 3.28. The van der Waals surface area contributed by atoms with E-state index in [1.165, 1.54) is 12.5 Å². The van der Waals surface area contributed by atoms with Crippen LogP contribution < -0.4 is 10.9 Å². The lowest BCUT2D eigenvalue weighted by Gasteiger charge is -2.18. The van der Waals surface area contributed by atoms with Gasteiger partial charge in [-0.25, -0.2) is 5.10 Å². The zero-order chi connectivity index (χ0) is 11.4.